The summed E-state index contributed by atoms with van der Waals surface area (Å²) in [7, 11) is 2.08. The summed E-state index contributed by atoms with van der Waals surface area (Å²) in [6.07, 6.45) is 0. The number of hydrogen-bond donors (Lipinski definition) is 1. The normalized spacial score (nSPS) is 10.7. The van der Waals surface area contributed by atoms with Crippen LogP contribution in [0.3, 0.4) is 0 Å². The van der Waals surface area contributed by atoms with Crippen LogP contribution >= 0.6 is 0 Å². The van der Waals surface area contributed by atoms with Crippen LogP contribution < -0.4 is 5.32 Å². The highest BCUT2D eigenvalue weighted by Crippen LogP contribution is 2.22. The first-order valence-corrected chi connectivity index (χ1v) is 8.11. The van der Waals surface area contributed by atoms with Crippen LogP contribution in [0.4, 0.5) is 11.4 Å². The number of rotatable bonds is 7. The molecule has 0 amide bonds. The second kappa shape index (κ2) is 8.27. The van der Waals surface area contributed by atoms with Crippen molar-refractivity contribution in [1.29, 1.82) is 5.26 Å². The van der Waals surface area contributed by atoms with E-state index in [1.54, 1.807) is 6.07 Å². The van der Waals surface area contributed by atoms with Crippen LogP contribution in [0, 0.1) is 21.4 Å². The number of nitrogens with zero attached hydrogens (tertiary/aromatic N) is 3. The third-order valence-corrected chi connectivity index (χ3v) is 4.22. The molecule has 2 aromatic rings. The molecule has 2 rings (SSSR count). The lowest BCUT2D eigenvalue weighted by Crippen LogP contribution is -2.26. The zero-order chi connectivity index (χ0) is 18.4. The van der Waals surface area contributed by atoms with Gasteiger partial charge in [0.25, 0.3) is 5.69 Å². The van der Waals surface area contributed by atoms with Gasteiger partial charge in [0.15, 0.2) is 0 Å². The van der Waals surface area contributed by atoms with Crippen molar-refractivity contribution in [3.05, 3.63) is 69.3 Å². The van der Waals surface area contributed by atoms with E-state index in [4.69, 9.17) is 0 Å². The summed E-state index contributed by atoms with van der Waals surface area (Å²) in [5, 5.41) is 23.3. The van der Waals surface area contributed by atoms with E-state index < -0.39 is 4.92 Å². The number of hydrogen-bond acceptors (Lipinski definition) is 5. The van der Waals surface area contributed by atoms with Crippen molar-refractivity contribution in [2.45, 2.75) is 33.0 Å². The van der Waals surface area contributed by atoms with E-state index in [0.717, 1.165) is 12.1 Å². The maximum absolute atomic E-state index is 10.8. The van der Waals surface area contributed by atoms with Crippen molar-refractivity contribution in [2.75, 3.05) is 12.4 Å². The Bertz CT molecular complexity index is 796. The Labute approximate surface area is 147 Å². The third kappa shape index (κ3) is 4.78. The predicted octanol–water partition coefficient (Wildman–Crippen LogP) is 3.92. The predicted molar refractivity (Wildman–Crippen MR) is 98.2 cm³/mol. The Morgan fingerprint density at radius 3 is 2.52 bits per heavy atom. The first-order valence-electron chi connectivity index (χ1n) is 8.11. The van der Waals surface area contributed by atoms with Crippen LogP contribution in [0.15, 0.2) is 42.5 Å². The molecule has 0 radical (unpaired) electrons. The highest BCUT2D eigenvalue weighted by molar-refractivity contribution is 5.61. The van der Waals surface area contributed by atoms with E-state index in [1.807, 2.05) is 24.3 Å². The fraction of sp³-hybridized carbons (Fsp3) is 0.316. The van der Waals surface area contributed by atoms with Crippen molar-refractivity contribution in [2.24, 2.45) is 0 Å². The number of nitriles is 1. The SMILES string of the molecule is CC(C)N(C)Cc1ccccc1CNc1ccc([N+](=O)[O-])cc1C#N. The van der Waals surface area contributed by atoms with Crippen molar-refractivity contribution >= 4 is 11.4 Å². The minimum absolute atomic E-state index is 0.0824. The molecular weight excluding hydrogens is 316 g/mol. The molecule has 0 spiro atoms. The number of nitro groups is 1. The number of nitro benzene ring substituents is 1. The molecule has 2 aromatic carbocycles. The van der Waals surface area contributed by atoms with Crippen LogP contribution in [-0.4, -0.2) is 22.9 Å². The summed E-state index contributed by atoms with van der Waals surface area (Å²) >= 11 is 0. The zero-order valence-electron chi connectivity index (χ0n) is 14.7. The Morgan fingerprint density at radius 2 is 1.92 bits per heavy atom. The molecule has 6 nitrogen and oxygen atoms in total. The van der Waals surface area contributed by atoms with E-state index in [-0.39, 0.29) is 11.3 Å². The third-order valence-electron chi connectivity index (χ3n) is 4.22. The number of nitrogens with one attached hydrogen (secondary N) is 1. The molecule has 0 aromatic heterocycles. The highest BCUT2D eigenvalue weighted by atomic mass is 16.6. The second-order valence-corrected chi connectivity index (χ2v) is 6.23. The molecule has 0 bridgehead atoms. The molecule has 6 heteroatoms. The van der Waals surface area contributed by atoms with Gasteiger partial charge in [-0.3, -0.25) is 15.0 Å². The molecule has 0 aliphatic carbocycles. The molecular formula is C19H22N4O2. The van der Waals surface area contributed by atoms with Crippen molar-refractivity contribution < 1.29 is 4.92 Å². The van der Waals surface area contributed by atoms with E-state index in [9.17, 15) is 15.4 Å². The first-order chi connectivity index (χ1) is 11.9. The number of anilines is 1. The molecule has 0 saturated heterocycles. The Balaban J connectivity index is 2.17. The Kier molecular flexibility index (Phi) is 6.09. The second-order valence-electron chi connectivity index (χ2n) is 6.23. The topological polar surface area (TPSA) is 82.2 Å². The van der Waals surface area contributed by atoms with Gasteiger partial charge in [0.05, 0.1) is 16.2 Å². The van der Waals surface area contributed by atoms with Gasteiger partial charge < -0.3 is 5.32 Å². The summed E-state index contributed by atoms with van der Waals surface area (Å²) < 4.78 is 0. The van der Waals surface area contributed by atoms with Gasteiger partial charge in [-0.1, -0.05) is 24.3 Å². The zero-order valence-corrected chi connectivity index (χ0v) is 14.7. The average molecular weight is 338 g/mol. The summed E-state index contributed by atoms with van der Waals surface area (Å²) in [5.74, 6) is 0. The van der Waals surface area contributed by atoms with Crippen molar-refractivity contribution in [3.8, 4) is 6.07 Å². The van der Waals surface area contributed by atoms with Crippen molar-refractivity contribution in [1.82, 2.24) is 4.90 Å². The molecule has 0 atom stereocenters. The number of non-ortho nitro benzene ring substituents is 1. The van der Waals surface area contributed by atoms with Crippen LogP contribution in [0.1, 0.15) is 30.5 Å². The van der Waals surface area contributed by atoms with E-state index >= 15 is 0 Å². The van der Waals surface area contributed by atoms with Gasteiger partial charge in [-0.15, -0.1) is 0 Å². The maximum atomic E-state index is 10.8. The minimum Gasteiger partial charge on any atom is -0.380 e. The van der Waals surface area contributed by atoms with Gasteiger partial charge in [0.1, 0.15) is 6.07 Å². The standard InChI is InChI=1S/C19H22N4O2/c1-14(2)22(3)13-16-7-5-4-6-15(16)12-21-19-9-8-18(23(24)25)10-17(19)11-20/h4-10,14,21H,12-13H2,1-3H3. The van der Waals surface area contributed by atoms with Crippen molar-refractivity contribution in [3.63, 3.8) is 0 Å². The molecule has 0 fully saturated rings. The molecule has 130 valence electrons. The first kappa shape index (κ1) is 18.4. The number of benzene rings is 2. The lowest BCUT2D eigenvalue weighted by atomic mass is 10.1. The van der Waals surface area contributed by atoms with Gasteiger partial charge in [-0.2, -0.15) is 5.26 Å². The summed E-state index contributed by atoms with van der Waals surface area (Å²) in [4.78, 5) is 12.6. The molecule has 25 heavy (non-hydrogen) atoms. The van der Waals surface area contributed by atoms with Gasteiger partial charge in [-0.05, 0) is 38.1 Å². The van der Waals surface area contributed by atoms with Gasteiger partial charge in [-0.25, -0.2) is 0 Å². The fourth-order valence-corrected chi connectivity index (χ4v) is 2.42. The van der Waals surface area contributed by atoms with Gasteiger partial charge in [0, 0.05) is 31.3 Å². The quantitative estimate of drug-likeness (QED) is 0.611. The van der Waals surface area contributed by atoms with Gasteiger partial charge >= 0.3 is 0 Å². The molecule has 0 heterocycles. The Hall–Kier alpha value is -2.91. The van der Waals surface area contributed by atoms with Gasteiger partial charge in [0.2, 0.25) is 0 Å². The van der Waals surface area contributed by atoms with E-state index in [1.165, 1.54) is 17.7 Å². The van der Waals surface area contributed by atoms with Crippen LogP contribution in [0.25, 0.3) is 0 Å². The molecule has 0 aliphatic heterocycles. The van der Waals surface area contributed by atoms with Crippen LogP contribution in [0.2, 0.25) is 0 Å². The van der Waals surface area contributed by atoms with E-state index in [0.29, 0.717) is 18.3 Å². The van der Waals surface area contributed by atoms with Crippen LogP contribution in [-0.2, 0) is 13.1 Å². The Morgan fingerprint density at radius 1 is 1.24 bits per heavy atom. The minimum atomic E-state index is -0.498. The van der Waals surface area contributed by atoms with Crippen LogP contribution in [0.5, 0.6) is 0 Å². The highest BCUT2D eigenvalue weighted by Gasteiger charge is 2.12. The molecule has 0 unspecified atom stereocenters. The van der Waals surface area contributed by atoms with E-state index in [2.05, 4.69) is 37.2 Å². The summed E-state index contributed by atoms with van der Waals surface area (Å²) in [6.45, 7) is 5.68. The molecule has 1 N–H and O–H groups in total. The summed E-state index contributed by atoms with van der Waals surface area (Å²) in [6, 6.07) is 14.9. The fourth-order valence-electron chi connectivity index (χ4n) is 2.42. The lowest BCUT2D eigenvalue weighted by Gasteiger charge is -2.22. The largest absolute Gasteiger partial charge is 0.380 e. The summed E-state index contributed by atoms with van der Waals surface area (Å²) in [5.41, 5.74) is 3.14. The smallest absolute Gasteiger partial charge is 0.270 e. The monoisotopic (exact) mass is 338 g/mol. The average Bonchev–Trinajstić information content (AvgIpc) is 2.60. The molecule has 0 aliphatic rings. The molecule has 0 saturated carbocycles. The maximum Gasteiger partial charge on any atom is 0.270 e. The lowest BCUT2D eigenvalue weighted by molar-refractivity contribution is -0.384.